The van der Waals surface area contributed by atoms with Gasteiger partial charge in [0.2, 0.25) is 0 Å². The summed E-state index contributed by atoms with van der Waals surface area (Å²) in [6.45, 7) is 3.95. The Morgan fingerprint density at radius 2 is 1.67 bits per heavy atom. The van der Waals surface area contributed by atoms with E-state index in [9.17, 15) is 0 Å². The van der Waals surface area contributed by atoms with Crippen molar-refractivity contribution in [2.75, 3.05) is 11.9 Å². The summed E-state index contributed by atoms with van der Waals surface area (Å²) >= 11 is 1.80. The minimum Gasteiger partial charge on any atom is -0.357 e. The van der Waals surface area contributed by atoms with Gasteiger partial charge in [0.25, 0.3) is 0 Å². The number of nitrogens with one attached hydrogen (secondary N) is 1. The third-order valence-corrected chi connectivity index (χ3v) is 5.39. The van der Waals surface area contributed by atoms with Gasteiger partial charge in [0.1, 0.15) is 0 Å². The molecule has 4 heteroatoms. The number of aromatic nitrogens is 1. The number of rotatable bonds is 5. The summed E-state index contributed by atoms with van der Waals surface area (Å²) in [5.74, 6) is 0. The summed E-state index contributed by atoms with van der Waals surface area (Å²) in [7, 11) is 0. The van der Waals surface area contributed by atoms with E-state index in [0.29, 0.717) is 0 Å². The molecule has 0 aliphatic carbocycles. The van der Waals surface area contributed by atoms with Gasteiger partial charge in [-0.2, -0.15) is 0 Å². The van der Waals surface area contributed by atoms with Crippen LogP contribution in [0.15, 0.2) is 60.7 Å². The number of fused-ring (bicyclic) bond motifs is 1. The van der Waals surface area contributed by atoms with Crippen molar-refractivity contribution in [3.8, 4) is 0 Å². The molecule has 0 unspecified atom stereocenters. The monoisotopic (exact) mass is 335 g/mol. The summed E-state index contributed by atoms with van der Waals surface area (Å²) in [6, 6.07) is 21.2. The van der Waals surface area contributed by atoms with E-state index in [0.717, 1.165) is 37.7 Å². The van der Waals surface area contributed by atoms with E-state index >= 15 is 0 Å². The van der Waals surface area contributed by atoms with Crippen molar-refractivity contribution in [1.29, 1.82) is 0 Å². The van der Waals surface area contributed by atoms with Crippen LogP contribution in [0.1, 0.15) is 21.7 Å². The van der Waals surface area contributed by atoms with Crippen LogP contribution >= 0.6 is 11.3 Å². The molecule has 0 amide bonds. The van der Waals surface area contributed by atoms with Crippen LogP contribution in [0.25, 0.3) is 0 Å². The lowest BCUT2D eigenvalue weighted by Crippen LogP contribution is -2.29. The summed E-state index contributed by atoms with van der Waals surface area (Å²) in [4.78, 5) is 8.71. The Morgan fingerprint density at radius 1 is 0.958 bits per heavy atom. The molecule has 1 aromatic heterocycles. The Morgan fingerprint density at radius 3 is 2.42 bits per heavy atom. The Labute approximate surface area is 147 Å². The predicted molar refractivity (Wildman–Crippen MR) is 100 cm³/mol. The van der Waals surface area contributed by atoms with Gasteiger partial charge in [-0.3, -0.25) is 4.90 Å². The standard InChI is InChI=1S/C20H21N3S/c1-3-7-16(8-4-1)13-21-20-22-18-11-12-23(15-19(18)24-20)14-17-9-5-2-6-10-17/h1-10H,11-15H2,(H,21,22). The highest BCUT2D eigenvalue weighted by molar-refractivity contribution is 7.15. The normalized spacial score (nSPS) is 14.3. The summed E-state index contributed by atoms with van der Waals surface area (Å²) in [5, 5.41) is 4.52. The maximum absolute atomic E-state index is 4.79. The number of hydrogen-bond donors (Lipinski definition) is 1. The van der Waals surface area contributed by atoms with Crippen molar-refractivity contribution in [1.82, 2.24) is 9.88 Å². The van der Waals surface area contributed by atoms with Gasteiger partial charge < -0.3 is 5.32 Å². The van der Waals surface area contributed by atoms with Gasteiger partial charge >= 0.3 is 0 Å². The van der Waals surface area contributed by atoms with Crippen molar-refractivity contribution in [2.45, 2.75) is 26.1 Å². The van der Waals surface area contributed by atoms with Crippen LogP contribution in [-0.2, 0) is 26.1 Å². The highest BCUT2D eigenvalue weighted by Gasteiger charge is 2.20. The van der Waals surface area contributed by atoms with Crippen molar-refractivity contribution in [2.24, 2.45) is 0 Å². The van der Waals surface area contributed by atoms with Gasteiger partial charge in [-0.1, -0.05) is 60.7 Å². The van der Waals surface area contributed by atoms with E-state index in [4.69, 9.17) is 4.98 Å². The Hall–Kier alpha value is -2.17. The molecule has 0 bridgehead atoms. The van der Waals surface area contributed by atoms with Gasteiger partial charge in [0, 0.05) is 37.5 Å². The van der Waals surface area contributed by atoms with Gasteiger partial charge in [-0.25, -0.2) is 4.98 Å². The van der Waals surface area contributed by atoms with Crippen LogP contribution in [0, 0.1) is 0 Å². The molecule has 2 heterocycles. The minimum absolute atomic E-state index is 0.834. The molecule has 0 radical (unpaired) electrons. The average Bonchev–Trinajstić information content (AvgIpc) is 3.04. The lowest BCUT2D eigenvalue weighted by atomic mass is 10.1. The van der Waals surface area contributed by atoms with Gasteiger partial charge in [0.05, 0.1) is 5.69 Å². The van der Waals surface area contributed by atoms with E-state index in [1.807, 2.05) is 6.07 Å². The zero-order valence-electron chi connectivity index (χ0n) is 13.6. The van der Waals surface area contributed by atoms with Crippen molar-refractivity contribution in [3.05, 3.63) is 82.4 Å². The zero-order valence-corrected chi connectivity index (χ0v) is 14.4. The van der Waals surface area contributed by atoms with E-state index in [1.165, 1.54) is 21.7 Å². The SMILES string of the molecule is c1ccc(CNc2nc3c(s2)CN(Cc2ccccc2)CC3)cc1. The first kappa shape index (κ1) is 15.4. The van der Waals surface area contributed by atoms with E-state index in [-0.39, 0.29) is 0 Å². The zero-order chi connectivity index (χ0) is 16.2. The molecule has 0 atom stereocenters. The van der Waals surface area contributed by atoms with Crippen molar-refractivity contribution in [3.63, 3.8) is 0 Å². The third kappa shape index (κ3) is 3.66. The quantitative estimate of drug-likeness (QED) is 0.753. The molecule has 1 N–H and O–H groups in total. The maximum Gasteiger partial charge on any atom is 0.183 e. The first-order valence-electron chi connectivity index (χ1n) is 8.39. The van der Waals surface area contributed by atoms with E-state index in [2.05, 4.69) is 64.8 Å². The molecule has 4 rings (SSSR count). The Balaban J connectivity index is 1.39. The summed E-state index contributed by atoms with van der Waals surface area (Å²) < 4.78 is 0. The fourth-order valence-electron chi connectivity index (χ4n) is 3.07. The second kappa shape index (κ2) is 7.16. The van der Waals surface area contributed by atoms with Crippen LogP contribution in [-0.4, -0.2) is 16.4 Å². The van der Waals surface area contributed by atoms with Crippen LogP contribution in [0.5, 0.6) is 0 Å². The van der Waals surface area contributed by atoms with Gasteiger partial charge in [0.15, 0.2) is 5.13 Å². The maximum atomic E-state index is 4.79. The highest BCUT2D eigenvalue weighted by atomic mass is 32.1. The molecule has 0 saturated carbocycles. The van der Waals surface area contributed by atoms with Crippen LogP contribution < -0.4 is 5.32 Å². The molecule has 0 fully saturated rings. The summed E-state index contributed by atoms with van der Waals surface area (Å²) in [6.07, 6.45) is 1.05. The number of benzene rings is 2. The van der Waals surface area contributed by atoms with Crippen molar-refractivity contribution < 1.29 is 0 Å². The molecule has 3 nitrogen and oxygen atoms in total. The molecule has 24 heavy (non-hydrogen) atoms. The topological polar surface area (TPSA) is 28.2 Å². The van der Waals surface area contributed by atoms with Crippen LogP contribution in [0.2, 0.25) is 0 Å². The van der Waals surface area contributed by atoms with E-state index < -0.39 is 0 Å². The molecule has 2 aromatic carbocycles. The van der Waals surface area contributed by atoms with Gasteiger partial charge in [-0.05, 0) is 11.1 Å². The molecule has 0 saturated heterocycles. The Kier molecular flexibility index (Phi) is 4.58. The van der Waals surface area contributed by atoms with Crippen LogP contribution in [0.3, 0.4) is 0 Å². The first-order chi connectivity index (χ1) is 11.9. The largest absolute Gasteiger partial charge is 0.357 e. The molecule has 3 aromatic rings. The molecule has 1 aliphatic rings. The third-order valence-electron chi connectivity index (χ3n) is 4.35. The number of anilines is 1. The number of nitrogens with zero attached hydrogens (tertiary/aromatic N) is 2. The minimum atomic E-state index is 0.834. The van der Waals surface area contributed by atoms with Crippen LogP contribution in [0.4, 0.5) is 5.13 Å². The number of hydrogen-bond acceptors (Lipinski definition) is 4. The highest BCUT2D eigenvalue weighted by Crippen LogP contribution is 2.29. The number of thiazole rings is 1. The molecule has 122 valence electrons. The second-order valence-corrected chi connectivity index (χ2v) is 7.26. The Bertz CT molecular complexity index is 783. The van der Waals surface area contributed by atoms with Gasteiger partial charge in [-0.15, -0.1) is 11.3 Å². The second-order valence-electron chi connectivity index (χ2n) is 6.17. The molecular formula is C20H21N3S. The molecule has 1 aliphatic heterocycles. The summed E-state index contributed by atoms with van der Waals surface area (Å²) in [5.41, 5.74) is 3.95. The lowest BCUT2D eigenvalue weighted by Gasteiger charge is -2.25. The van der Waals surface area contributed by atoms with Crippen molar-refractivity contribution >= 4 is 16.5 Å². The fraction of sp³-hybridized carbons (Fsp3) is 0.250. The lowest BCUT2D eigenvalue weighted by molar-refractivity contribution is 0.247. The predicted octanol–water partition coefficient (Wildman–Crippen LogP) is 4.31. The first-order valence-corrected chi connectivity index (χ1v) is 9.21. The molecule has 0 spiro atoms. The fourth-order valence-corrected chi connectivity index (χ4v) is 4.12. The van der Waals surface area contributed by atoms with E-state index in [1.54, 1.807) is 11.3 Å². The smallest absolute Gasteiger partial charge is 0.183 e. The average molecular weight is 335 g/mol. The molecular weight excluding hydrogens is 314 g/mol.